The van der Waals surface area contributed by atoms with E-state index in [2.05, 4.69) is 16.7 Å². The Kier molecular flexibility index (Phi) is 4.16. The number of hydrogen-bond donors (Lipinski definition) is 0. The maximum atomic E-state index is 6.04. The molecule has 0 saturated carbocycles. The lowest BCUT2D eigenvalue weighted by Crippen LogP contribution is -2.04. The van der Waals surface area contributed by atoms with Crippen LogP contribution in [0.25, 0.3) is 22.4 Å². The summed E-state index contributed by atoms with van der Waals surface area (Å²) in [6.07, 6.45) is 0. The molecule has 0 radical (unpaired) electrons. The number of methoxy groups -OCH3 is 1. The van der Waals surface area contributed by atoms with E-state index >= 15 is 0 Å². The maximum Gasteiger partial charge on any atom is 0.141 e. The summed E-state index contributed by atoms with van der Waals surface area (Å²) in [5.74, 6) is 1.80. The lowest BCUT2D eigenvalue weighted by atomic mass is 10.1. The molecule has 0 amide bonds. The number of para-hydroxylation sites is 3. The second-order valence-corrected chi connectivity index (χ2v) is 6.27. The molecule has 124 valence electrons. The fourth-order valence-electron chi connectivity index (χ4n) is 3.06. The van der Waals surface area contributed by atoms with E-state index in [0.717, 1.165) is 38.8 Å². The van der Waals surface area contributed by atoms with Crippen molar-refractivity contribution in [3.63, 3.8) is 0 Å². The zero-order valence-electron chi connectivity index (χ0n) is 13.8. The van der Waals surface area contributed by atoms with Gasteiger partial charge in [-0.05, 0) is 42.5 Å². The molecule has 0 N–H and O–H groups in total. The quantitative estimate of drug-likeness (QED) is 0.492. The minimum absolute atomic E-state index is 0.683. The minimum atomic E-state index is 0.683. The third-order valence-electron chi connectivity index (χ3n) is 4.28. The summed E-state index contributed by atoms with van der Waals surface area (Å²) >= 11 is 6.04. The highest BCUT2D eigenvalue weighted by molar-refractivity contribution is 6.30. The SMILES string of the molecule is COc1ccccc1Cn1c(-c2ccc(Cl)cc2)nc2ccccc21. The lowest BCUT2D eigenvalue weighted by molar-refractivity contribution is 0.408. The summed E-state index contributed by atoms with van der Waals surface area (Å²) in [4.78, 5) is 4.84. The first kappa shape index (κ1) is 15.7. The average Bonchev–Trinajstić information content (AvgIpc) is 3.01. The molecule has 0 aliphatic carbocycles. The Balaban J connectivity index is 1.89. The van der Waals surface area contributed by atoms with Gasteiger partial charge in [-0.15, -0.1) is 0 Å². The highest BCUT2D eigenvalue weighted by Crippen LogP contribution is 2.28. The van der Waals surface area contributed by atoms with Gasteiger partial charge in [-0.25, -0.2) is 4.98 Å². The van der Waals surface area contributed by atoms with E-state index in [1.807, 2.05) is 60.7 Å². The van der Waals surface area contributed by atoms with E-state index < -0.39 is 0 Å². The molecule has 1 aromatic heterocycles. The summed E-state index contributed by atoms with van der Waals surface area (Å²) in [6, 6.07) is 24.0. The van der Waals surface area contributed by atoms with Gasteiger partial charge in [0.1, 0.15) is 11.6 Å². The Hall–Kier alpha value is -2.78. The number of rotatable bonds is 4. The zero-order valence-corrected chi connectivity index (χ0v) is 14.6. The van der Waals surface area contributed by atoms with Crippen molar-refractivity contribution < 1.29 is 4.74 Å². The van der Waals surface area contributed by atoms with Crippen molar-refractivity contribution in [3.8, 4) is 17.1 Å². The van der Waals surface area contributed by atoms with Crippen molar-refractivity contribution in [1.82, 2.24) is 9.55 Å². The van der Waals surface area contributed by atoms with Gasteiger partial charge in [0.2, 0.25) is 0 Å². The fraction of sp³-hybridized carbons (Fsp3) is 0.0952. The standard InChI is InChI=1S/C21H17ClN2O/c1-25-20-9-5-2-6-16(20)14-24-19-8-4-3-7-18(19)23-21(24)15-10-12-17(22)13-11-15/h2-13H,14H2,1H3. The maximum absolute atomic E-state index is 6.04. The topological polar surface area (TPSA) is 27.1 Å². The van der Waals surface area contributed by atoms with E-state index in [1.54, 1.807) is 7.11 Å². The van der Waals surface area contributed by atoms with Crippen molar-refractivity contribution in [3.05, 3.63) is 83.4 Å². The molecule has 4 aromatic rings. The Morgan fingerprint density at radius 3 is 2.44 bits per heavy atom. The van der Waals surface area contributed by atoms with Gasteiger partial charge in [-0.1, -0.05) is 41.9 Å². The lowest BCUT2D eigenvalue weighted by Gasteiger charge is -2.12. The van der Waals surface area contributed by atoms with Crippen LogP contribution in [0.3, 0.4) is 0 Å². The van der Waals surface area contributed by atoms with E-state index in [9.17, 15) is 0 Å². The first-order valence-electron chi connectivity index (χ1n) is 8.09. The molecule has 0 atom stereocenters. The van der Waals surface area contributed by atoms with E-state index in [1.165, 1.54) is 0 Å². The molecule has 0 spiro atoms. The van der Waals surface area contributed by atoms with E-state index in [4.69, 9.17) is 21.3 Å². The van der Waals surface area contributed by atoms with Gasteiger partial charge >= 0.3 is 0 Å². The predicted molar refractivity (Wildman–Crippen MR) is 102 cm³/mol. The third kappa shape index (κ3) is 2.99. The third-order valence-corrected chi connectivity index (χ3v) is 4.53. The molecule has 0 saturated heterocycles. The molecule has 0 unspecified atom stereocenters. The van der Waals surface area contributed by atoms with Crippen LogP contribution in [-0.4, -0.2) is 16.7 Å². The molecule has 0 fully saturated rings. The first-order chi connectivity index (χ1) is 12.3. The molecule has 0 bridgehead atoms. The van der Waals surface area contributed by atoms with Gasteiger partial charge in [0.05, 0.1) is 24.7 Å². The molecular weight excluding hydrogens is 332 g/mol. The second kappa shape index (κ2) is 6.61. The molecule has 4 rings (SSSR count). The molecule has 25 heavy (non-hydrogen) atoms. The summed E-state index contributed by atoms with van der Waals surface area (Å²) in [5.41, 5.74) is 4.22. The van der Waals surface area contributed by atoms with Crippen LogP contribution in [-0.2, 0) is 6.54 Å². The molecule has 0 aliphatic rings. The van der Waals surface area contributed by atoms with Crippen molar-refractivity contribution >= 4 is 22.6 Å². The van der Waals surface area contributed by atoms with Crippen LogP contribution in [0.2, 0.25) is 5.02 Å². The van der Waals surface area contributed by atoms with Crippen LogP contribution < -0.4 is 4.74 Å². The number of benzene rings is 3. The summed E-state index contributed by atoms with van der Waals surface area (Å²) in [5, 5.41) is 0.719. The minimum Gasteiger partial charge on any atom is -0.496 e. The van der Waals surface area contributed by atoms with Crippen molar-refractivity contribution in [2.45, 2.75) is 6.54 Å². The number of hydrogen-bond acceptors (Lipinski definition) is 2. The van der Waals surface area contributed by atoms with Gasteiger partial charge < -0.3 is 9.30 Å². The van der Waals surface area contributed by atoms with Gasteiger partial charge in [-0.2, -0.15) is 0 Å². The smallest absolute Gasteiger partial charge is 0.141 e. The summed E-state index contributed by atoms with van der Waals surface area (Å²) in [7, 11) is 1.70. The van der Waals surface area contributed by atoms with Crippen LogP contribution in [0.4, 0.5) is 0 Å². The van der Waals surface area contributed by atoms with Gasteiger partial charge in [0.25, 0.3) is 0 Å². The molecule has 0 aliphatic heterocycles. The average molecular weight is 349 g/mol. The normalized spacial score (nSPS) is 11.0. The molecular formula is C21H17ClN2O. The molecule has 1 heterocycles. The van der Waals surface area contributed by atoms with E-state index in [-0.39, 0.29) is 0 Å². The number of aromatic nitrogens is 2. The number of ether oxygens (including phenoxy) is 1. The number of fused-ring (bicyclic) bond motifs is 1. The summed E-state index contributed by atoms with van der Waals surface area (Å²) in [6.45, 7) is 0.683. The molecule has 3 aromatic carbocycles. The number of nitrogens with zero attached hydrogens (tertiary/aromatic N) is 2. The largest absolute Gasteiger partial charge is 0.496 e. The van der Waals surface area contributed by atoms with Gasteiger partial charge in [-0.3, -0.25) is 0 Å². The first-order valence-corrected chi connectivity index (χ1v) is 8.47. The van der Waals surface area contributed by atoms with Crippen LogP contribution in [0, 0.1) is 0 Å². The summed E-state index contributed by atoms with van der Waals surface area (Å²) < 4.78 is 7.73. The Morgan fingerprint density at radius 2 is 1.64 bits per heavy atom. The monoisotopic (exact) mass is 348 g/mol. The van der Waals surface area contributed by atoms with Crippen molar-refractivity contribution in [2.24, 2.45) is 0 Å². The van der Waals surface area contributed by atoms with Crippen LogP contribution in [0.15, 0.2) is 72.8 Å². The predicted octanol–water partition coefficient (Wildman–Crippen LogP) is 5.41. The molecule has 4 heteroatoms. The number of imidazole rings is 1. The highest BCUT2D eigenvalue weighted by atomic mass is 35.5. The fourth-order valence-corrected chi connectivity index (χ4v) is 3.18. The van der Waals surface area contributed by atoms with E-state index in [0.29, 0.717) is 6.54 Å². The Labute approximate surface area is 151 Å². The zero-order chi connectivity index (χ0) is 17.2. The highest BCUT2D eigenvalue weighted by Gasteiger charge is 2.14. The van der Waals surface area contributed by atoms with Crippen LogP contribution in [0.5, 0.6) is 5.75 Å². The number of halogens is 1. The van der Waals surface area contributed by atoms with Gasteiger partial charge in [0, 0.05) is 16.1 Å². The molecule has 3 nitrogen and oxygen atoms in total. The van der Waals surface area contributed by atoms with Crippen molar-refractivity contribution in [1.29, 1.82) is 0 Å². The van der Waals surface area contributed by atoms with Gasteiger partial charge in [0.15, 0.2) is 0 Å². The Morgan fingerprint density at radius 1 is 0.920 bits per heavy atom. The van der Waals surface area contributed by atoms with Crippen molar-refractivity contribution in [2.75, 3.05) is 7.11 Å². The second-order valence-electron chi connectivity index (χ2n) is 5.83. The Bertz CT molecular complexity index is 1020. The van der Waals surface area contributed by atoms with Crippen LogP contribution in [0.1, 0.15) is 5.56 Å². The van der Waals surface area contributed by atoms with Crippen LogP contribution >= 0.6 is 11.6 Å².